The predicted molar refractivity (Wildman–Crippen MR) is 111 cm³/mol. The van der Waals surface area contributed by atoms with E-state index >= 15 is 0 Å². The number of hydrogen-bond acceptors (Lipinski definition) is 6. The molecule has 29 heavy (non-hydrogen) atoms. The van der Waals surface area contributed by atoms with Gasteiger partial charge in [0.15, 0.2) is 5.76 Å². The van der Waals surface area contributed by atoms with Crippen molar-refractivity contribution in [3.8, 4) is 0 Å². The van der Waals surface area contributed by atoms with Gasteiger partial charge in [-0.1, -0.05) is 18.2 Å². The molecule has 0 radical (unpaired) electrons. The van der Waals surface area contributed by atoms with Gasteiger partial charge in [0.2, 0.25) is 5.95 Å². The second-order valence-corrected chi connectivity index (χ2v) is 7.52. The van der Waals surface area contributed by atoms with Crippen molar-refractivity contribution in [3.63, 3.8) is 0 Å². The molecule has 0 aliphatic carbocycles. The van der Waals surface area contributed by atoms with E-state index in [9.17, 15) is 4.79 Å². The Morgan fingerprint density at radius 1 is 1.07 bits per heavy atom. The molecule has 0 N–H and O–H groups in total. The number of carbonyl (C=O) groups excluding carboxylic acids is 1. The quantitative estimate of drug-likeness (QED) is 0.686. The zero-order valence-electron chi connectivity index (χ0n) is 16.4. The van der Waals surface area contributed by atoms with Gasteiger partial charge in [-0.25, -0.2) is 4.98 Å². The standard InChI is InChI=1S/C22H23N5O2/c1-16-15-17-5-2-3-6-18(17)27(16)22-23-9-8-20(24-22)25-10-12-26(13-11-25)21(28)19-7-4-14-29-19/h2-9,14,16H,10-13,15H2,1H3. The van der Waals surface area contributed by atoms with Crippen molar-refractivity contribution in [2.45, 2.75) is 19.4 Å². The predicted octanol–water partition coefficient (Wildman–Crippen LogP) is 3.11. The highest BCUT2D eigenvalue weighted by Crippen LogP contribution is 2.36. The van der Waals surface area contributed by atoms with Crippen molar-refractivity contribution < 1.29 is 9.21 Å². The Kier molecular flexibility index (Phi) is 4.42. The number of para-hydroxylation sites is 1. The first-order valence-electron chi connectivity index (χ1n) is 9.98. The van der Waals surface area contributed by atoms with Crippen LogP contribution in [0.1, 0.15) is 23.0 Å². The largest absolute Gasteiger partial charge is 0.459 e. The van der Waals surface area contributed by atoms with E-state index in [1.807, 2.05) is 17.2 Å². The van der Waals surface area contributed by atoms with E-state index < -0.39 is 0 Å². The summed E-state index contributed by atoms with van der Waals surface area (Å²) in [6, 6.07) is 14.2. The fourth-order valence-electron chi connectivity index (χ4n) is 4.20. The summed E-state index contributed by atoms with van der Waals surface area (Å²) in [5.74, 6) is 1.97. The molecule has 1 saturated heterocycles. The van der Waals surface area contributed by atoms with E-state index in [4.69, 9.17) is 9.40 Å². The molecule has 0 bridgehead atoms. The zero-order chi connectivity index (χ0) is 19.8. The molecule has 1 atom stereocenters. The molecule has 1 aromatic carbocycles. The number of benzene rings is 1. The van der Waals surface area contributed by atoms with Crippen LogP contribution in [0.3, 0.4) is 0 Å². The van der Waals surface area contributed by atoms with Crippen molar-refractivity contribution in [3.05, 3.63) is 66.2 Å². The number of amides is 1. The molecule has 3 aromatic rings. The van der Waals surface area contributed by atoms with Crippen LogP contribution in [0, 0.1) is 0 Å². The first kappa shape index (κ1) is 17.7. The van der Waals surface area contributed by atoms with Gasteiger partial charge in [0.25, 0.3) is 5.91 Å². The first-order chi connectivity index (χ1) is 14.2. The fraction of sp³-hybridized carbons (Fsp3) is 0.318. The van der Waals surface area contributed by atoms with Gasteiger partial charge >= 0.3 is 0 Å². The summed E-state index contributed by atoms with van der Waals surface area (Å²) in [5.41, 5.74) is 2.52. The van der Waals surface area contributed by atoms with Crippen LogP contribution in [-0.2, 0) is 6.42 Å². The van der Waals surface area contributed by atoms with Crippen LogP contribution in [0.25, 0.3) is 0 Å². The van der Waals surface area contributed by atoms with Crippen LogP contribution in [-0.4, -0.2) is 53.0 Å². The third-order valence-corrected chi connectivity index (χ3v) is 5.67. The summed E-state index contributed by atoms with van der Waals surface area (Å²) < 4.78 is 5.24. The summed E-state index contributed by atoms with van der Waals surface area (Å²) in [5, 5.41) is 0. The minimum Gasteiger partial charge on any atom is -0.459 e. The highest BCUT2D eigenvalue weighted by atomic mass is 16.3. The Morgan fingerprint density at radius 3 is 2.69 bits per heavy atom. The number of carbonyl (C=O) groups is 1. The van der Waals surface area contributed by atoms with Gasteiger partial charge in [-0.2, -0.15) is 4.98 Å². The SMILES string of the molecule is CC1Cc2ccccc2N1c1nccc(N2CCN(C(=O)c3ccco3)CC2)n1. The van der Waals surface area contributed by atoms with Gasteiger partial charge in [-0.05, 0) is 43.2 Å². The number of nitrogens with zero attached hydrogens (tertiary/aromatic N) is 5. The number of piperazine rings is 1. The Labute approximate surface area is 169 Å². The molecule has 4 heterocycles. The Balaban J connectivity index is 1.32. The lowest BCUT2D eigenvalue weighted by molar-refractivity contribution is 0.0714. The molecular formula is C22H23N5O2. The third-order valence-electron chi connectivity index (χ3n) is 5.67. The normalized spacial score (nSPS) is 18.8. The molecule has 7 nitrogen and oxygen atoms in total. The third kappa shape index (κ3) is 3.22. The van der Waals surface area contributed by atoms with Gasteiger partial charge in [0.05, 0.1) is 6.26 Å². The number of furan rings is 1. The maximum Gasteiger partial charge on any atom is 0.289 e. The molecule has 1 unspecified atom stereocenters. The van der Waals surface area contributed by atoms with Crippen molar-refractivity contribution in [1.82, 2.24) is 14.9 Å². The van der Waals surface area contributed by atoms with Gasteiger partial charge in [-0.15, -0.1) is 0 Å². The van der Waals surface area contributed by atoms with Crippen LogP contribution >= 0.6 is 0 Å². The van der Waals surface area contributed by atoms with E-state index in [0.29, 0.717) is 24.9 Å². The summed E-state index contributed by atoms with van der Waals surface area (Å²) in [6.45, 7) is 4.95. The second kappa shape index (κ2) is 7.24. The van der Waals surface area contributed by atoms with E-state index in [-0.39, 0.29) is 5.91 Å². The van der Waals surface area contributed by atoms with Gasteiger partial charge in [0.1, 0.15) is 5.82 Å². The summed E-state index contributed by atoms with van der Waals surface area (Å²) in [6.07, 6.45) is 4.35. The van der Waals surface area contributed by atoms with E-state index in [1.54, 1.807) is 12.1 Å². The van der Waals surface area contributed by atoms with Crippen LogP contribution < -0.4 is 9.80 Å². The monoisotopic (exact) mass is 389 g/mol. The number of rotatable bonds is 3. The average Bonchev–Trinajstić information content (AvgIpc) is 3.41. The number of fused-ring (bicyclic) bond motifs is 1. The summed E-state index contributed by atoms with van der Waals surface area (Å²) >= 11 is 0. The summed E-state index contributed by atoms with van der Waals surface area (Å²) in [4.78, 5) is 28.1. The molecule has 0 saturated carbocycles. The van der Waals surface area contributed by atoms with Crippen LogP contribution in [0.15, 0.2) is 59.3 Å². The lowest BCUT2D eigenvalue weighted by Gasteiger charge is -2.35. The highest BCUT2D eigenvalue weighted by molar-refractivity contribution is 5.91. The van der Waals surface area contributed by atoms with Gasteiger partial charge in [-0.3, -0.25) is 4.79 Å². The van der Waals surface area contributed by atoms with Crippen LogP contribution in [0.5, 0.6) is 0 Å². The topological polar surface area (TPSA) is 65.7 Å². The molecule has 2 aromatic heterocycles. The molecule has 7 heteroatoms. The van der Waals surface area contributed by atoms with Crippen molar-refractivity contribution in [1.29, 1.82) is 0 Å². The number of hydrogen-bond donors (Lipinski definition) is 0. The summed E-state index contributed by atoms with van der Waals surface area (Å²) in [7, 11) is 0. The molecule has 0 spiro atoms. The molecule has 2 aliphatic heterocycles. The molecule has 5 rings (SSSR count). The van der Waals surface area contributed by atoms with Crippen molar-refractivity contribution in [2.75, 3.05) is 36.0 Å². The number of aromatic nitrogens is 2. The highest BCUT2D eigenvalue weighted by Gasteiger charge is 2.30. The van der Waals surface area contributed by atoms with Gasteiger partial charge < -0.3 is 19.1 Å². The minimum atomic E-state index is -0.0551. The lowest BCUT2D eigenvalue weighted by Crippen LogP contribution is -2.49. The fourth-order valence-corrected chi connectivity index (χ4v) is 4.20. The lowest BCUT2D eigenvalue weighted by atomic mass is 10.1. The first-order valence-corrected chi connectivity index (χ1v) is 9.98. The van der Waals surface area contributed by atoms with Crippen molar-refractivity contribution in [2.24, 2.45) is 0 Å². The number of anilines is 3. The van der Waals surface area contributed by atoms with Crippen LogP contribution in [0.4, 0.5) is 17.5 Å². The van der Waals surface area contributed by atoms with Crippen LogP contribution in [0.2, 0.25) is 0 Å². The molecule has 1 fully saturated rings. The molecule has 148 valence electrons. The maximum absolute atomic E-state index is 12.5. The van der Waals surface area contributed by atoms with Crippen molar-refractivity contribution >= 4 is 23.4 Å². The zero-order valence-corrected chi connectivity index (χ0v) is 16.4. The van der Waals surface area contributed by atoms with E-state index in [2.05, 4.69) is 46.0 Å². The Morgan fingerprint density at radius 2 is 1.90 bits per heavy atom. The second-order valence-electron chi connectivity index (χ2n) is 7.52. The smallest absolute Gasteiger partial charge is 0.289 e. The maximum atomic E-state index is 12.5. The molecule has 2 aliphatic rings. The Bertz CT molecular complexity index is 1010. The van der Waals surface area contributed by atoms with E-state index in [1.165, 1.54) is 17.5 Å². The minimum absolute atomic E-state index is 0.0551. The van der Waals surface area contributed by atoms with Gasteiger partial charge in [0, 0.05) is 44.1 Å². The van der Waals surface area contributed by atoms with E-state index in [0.717, 1.165) is 31.3 Å². The molecular weight excluding hydrogens is 366 g/mol. The average molecular weight is 389 g/mol. The Hall–Kier alpha value is -3.35. The molecule has 1 amide bonds.